The maximum Gasteiger partial charge on any atom is 0.126 e. The summed E-state index contributed by atoms with van der Waals surface area (Å²) >= 11 is 0. The summed E-state index contributed by atoms with van der Waals surface area (Å²) in [7, 11) is 3.11. The van der Waals surface area contributed by atoms with Crippen LogP contribution in [0, 0.1) is 5.92 Å². The number of hydrogen-bond donors (Lipinski definition) is 0. The summed E-state index contributed by atoms with van der Waals surface area (Å²) in [5, 5.41) is 3.15. The molecule has 5 rings (SSSR count). The minimum absolute atomic E-state index is 0.00261. The van der Waals surface area contributed by atoms with Crippen molar-refractivity contribution in [2.45, 2.75) is 218 Å². The lowest BCUT2D eigenvalue weighted by atomic mass is 9.79. The highest BCUT2D eigenvalue weighted by Gasteiger charge is 2.45. The molecule has 53 heavy (non-hydrogen) atoms. The van der Waals surface area contributed by atoms with Gasteiger partial charge in [-0.05, 0) is 132 Å². The summed E-state index contributed by atoms with van der Waals surface area (Å²) in [6, 6.07) is 10.5. The van der Waals surface area contributed by atoms with Crippen molar-refractivity contribution >= 4 is 26.5 Å². The lowest BCUT2D eigenvalue weighted by Gasteiger charge is -2.46. The van der Waals surface area contributed by atoms with Crippen molar-refractivity contribution < 1.29 is 9.47 Å². The molecule has 0 N–H and O–H groups in total. The van der Waals surface area contributed by atoms with E-state index >= 15 is 0 Å². The van der Waals surface area contributed by atoms with Crippen LogP contribution in [0.5, 0.6) is 11.5 Å². The van der Waals surface area contributed by atoms with Gasteiger partial charge in [-0.1, -0.05) is 143 Å². The Bertz CT molecular complexity index is 1350. The molecule has 0 heterocycles. The predicted molar refractivity (Wildman–Crippen MR) is 238 cm³/mol. The first-order valence-corrected chi connectivity index (χ1v) is 24.7. The molecule has 3 saturated carbocycles. The van der Waals surface area contributed by atoms with Crippen LogP contribution in [0.15, 0.2) is 24.3 Å². The Hall–Kier alpha value is -1.10. The van der Waals surface area contributed by atoms with Crippen molar-refractivity contribution in [3.63, 3.8) is 0 Å². The molecule has 0 amide bonds. The van der Waals surface area contributed by atoms with E-state index in [4.69, 9.17) is 9.47 Å². The van der Waals surface area contributed by atoms with Crippen molar-refractivity contribution in [3.05, 3.63) is 46.5 Å². The van der Waals surface area contributed by atoms with Crippen LogP contribution in [0.3, 0.4) is 0 Å². The molecule has 2 aromatic rings. The minimum Gasteiger partial charge on any atom is -0.496 e. The van der Waals surface area contributed by atoms with E-state index in [0.717, 1.165) is 34.4 Å². The highest BCUT2D eigenvalue weighted by molar-refractivity contribution is 7.73. The monoisotopic (exact) mass is 763 g/mol. The molecule has 3 aliphatic rings. The Morgan fingerprint density at radius 1 is 0.491 bits per heavy atom. The van der Waals surface area contributed by atoms with Gasteiger partial charge in [-0.2, -0.15) is 0 Å². The fourth-order valence-corrected chi connectivity index (χ4v) is 18.7. The molecule has 2 nitrogen and oxygen atoms in total. The Morgan fingerprint density at radius 2 is 0.830 bits per heavy atom. The van der Waals surface area contributed by atoms with E-state index in [0.29, 0.717) is 5.66 Å². The van der Waals surface area contributed by atoms with Crippen LogP contribution in [0.1, 0.15) is 196 Å². The van der Waals surface area contributed by atoms with Crippen molar-refractivity contribution in [1.29, 1.82) is 0 Å². The lowest BCUT2D eigenvalue weighted by Crippen LogP contribution is -2.35. The molecule has 2 aromatic carbocycles. The second kappa shape index (κ2) is 16.8. The third-order valence-electron chi connectivity index (χ3n) is 13.3. The lowest BCUT2D eigenvalue weighted by molar-refractivity contribution is 0.381. The van der Waals surface area contributed by atoms with Gasteiger partial charge >= 0.3 is 0 Å². The number of ether oxygens (including phenoxy) is 2. The summed E-state index contributed by atoms with van der Waals surface area (Å²) < 4.78 is 12.7. The maximum absolute atomic E-state index is 6.37. The molecule has 3 aliphatic carbocycles. The molecule has 0 aliphatic heterocycles. The first kappa shape index (κ1) is 43.0. The third kappa shape index (κ3) is 9.55. The summed E-state index contributed by atoms with van der Waals surface area (Å²) in [4.78, 5) is 0. The van der Waals surface area contributed by atoms with Gasteiger partial charge in [-0.25, -0.2) is 0 Å². The highest BCUT2D eigenvalue weighted by Crippen LogP contribution is 2.65. The Morgan fingerprint density at radius 3 is 1.13 bits per heavy atom. The topological polar surface area (TPSA) is 18.5 Å². The van der Waals surface area contributed by atoms with E-state index in [1.165, 1.54) is 106 Å². The van der Waals surface area contributed by atoms with E-state index in [-0.39, 0.29) is 29.6 Å². The van der Waals surface area contributed by atoms with Crippen molar-refractivity contribution in [2.75, 3.05) is 14.2 Å². The second-order valence-electron chi connectivity index (χ2n) is 21.5. The van der Waals surface area contributed by atoms with Crippen LogP contribution in [0.2, 0.25) is 0 Å². The molecule has 0 spiro atoms. The van der Waals surface area contributed by atoms with Crippen molar-refractivity contribution in [3.8, 4) is 11.5 Å². The van der Waals surface area contributed by atoms with E-state index in [1.54, 1.807) is 10.6 Å². The SMILES string of the molecule is COc1c(C(C)(C)C)cc(P(c2cc(C(C)(C)C)c(OC)c(C(C)(C)C)c2)C2CCCC2[C@@H](C)P(C2CCCCC2)C2CCCCC2)cc1C(C)(C)C. The normalized spacial score (nSPS) is 22.1. The molecule has 0 saturated heterocycles. The molecule has 3 fully saturated rings. The average molecular weight is 763 g/mol. The fourth-order valence-electron chi connectivity index (χ4n) is 10.5. The Labute approximate surface area is 330 Å². The first-order valence-electron chi connectivity index (χ1n) is 21.7. The molecule has 0 radical (unpaired) electrons. The summed E-state index contributed by atoms with van der Waals surface area (Å²) in [6.45, 7) is 31.4. The van der Waals surface area contributed by atoms with Crippen LogP contribution >= 0.6 is 15.8 Å². The second-order valence-corrected chi connectivity index (χ2v) is 27.1. The molecular formula is C49H80O2P2. The molecule has 0 aromatic heterocycles. The zero-order chi connectivity index (χ0) is 39.1. The summed E-state index contributed by atoms with van der Waals surface area (Å²) in [5.41, 5.74) is 8.82. The largest absolute Gasteiger partial charge is 0.496 e. The zero-order valence-electron chi connectivity index (χ0n) is 37.1. The smallest absolute Gasteiger partial charge is 0.126 e. The number of benzene rings is 2. The zero-order valence-corrected chi connectivity index (χ0v) is 38.9. The number of hydrogen-bond acceptors (Lipinski definition) is 2. The van der Waals surface area contributed by atoms with Gasteiger partial charge in [0.1, 0.15) is 11.5 Å². The molecule has 298 valence electrons. The van der Waals surface area contributed by atoms with Gasteiger partial charge in [0.05, 0.1) is 14.2 Å². The van der Waals surface area contributed by atoms with Gasteiger partial charge in [-0.3, -0.25) is 0 Å². The van der Waals surface area contributed by atoms with Crippen LogP contribution < -0.4 is 20.1 Å². The van der Waals surface area contributed by atoms with Crippen LogP contribution in [0.25, 0.3) is 0 Å². The van der Waals surface area contributed by atoms with Crippen molar-refractivity contribution in [2.24, 2.45) is 5.92 Å². The van der Waals surface area contributed by atoms with E-state index in [1.807, 2.05) is 14.2 Å². The maximum atomic E-state index is 6.37. The Kier molecular flexibility index (Phi) is 13.6. The molecular weight excluding hydrogens is 682 g/mol. The molecule has 3 atom stereocenters. The van der Waals surface area contributed by atoms with Gasteiger partial charge in [0.2, 0.25) is 0 Å². The molecule has 4 heteroatoms. The van der Waals surface area contributed by atoms with Gasteiger partial charge in [0, 0.05) is 22.3 Å². The van der Waals surface area contributed by atoms with E-state index in [9.17, 15) is 0 Å². The minimum atomic E-state index is -0.672. The summed E-state index contributed by atoms with van der Waals surface area (Å²) in [5.74, 6) is 2.98. The van der Waals surface area contributed by atoms with E-state index < -0.39 is 7.92 Å². The first-order chi connectivity index (χ1) is 24.7. The standard InChI is InChI=1S/C49H80O2P2/c1-33(52(34-23-18-16-19-24-34)35-25-20-17-21-26-35)38-27-22-28-43(38)53(36-29-39(46(2,3)4)44(50-14)40(30-36)47(5,6)7)37-31-41(48(8,9)10)45(51-15)42(32-37)49(11,12)13/h29-35,38,43H,16-28H2,1-15H3/t33-,38?,43?/m1/s1. The number of rotatable bonds is 9. The van der Waals surface area contributed by atoms with Crippen molar-refractivity contribution in [1.82, 2.24) is 0 Å². The predicted octanol–water partition coefficient (Wildman–Crippen LogP) is 14.0. The Balaban J connectivity index is 1.79. The van der Waals surface area contributed by atoms with Gasteiger partial charge in [-0.15, -0.1) is 0 Å². The average Bonchev–Trinajstić information content (AvgIpc) is 3.56. The van der Waals surface area contributed by atoms with E-state index in [2.05, 4.69) is 114 Å². The highest BCUT2D eigenvalue weighted by atomic mass is 31.1. The molecule has 2 unspecified atom stereocenters. The number of methoxy groups -OCH3 is 2. The van der Waals surface area contributed by atoms with Gasteiger partial charge in [0.15, 0.2) is 0 Å². The van der Waals surface area contributed by atoms with Crippen LogP contribution in [-0.4, -0.2) is 36.9 Å². The van der Waals surface area contributed by atoms with Gasteiger partial charge < -0.3 is 9.47 Å². The van der Waals surface area contributed by atoms with Crippen LogP contribution in [0.4, 0.5) is 0 Å². The third-order valence-corrected chi connectivity index (χ3v) is 20.3. The van der Waals surface area contributed by atoms with Gasteiger partial charge in [0.25, 0.3) is 0 Å². The summed E-state index contributed by atoms with van der Waals surface area (Å²) in [6.07, 6.45) is 19.0. The van der Waals surface area contributed by atoms with Crippen LogP contribution in [-0.2, 0) is 21.7 Å². The quantitative estimate of drug-likeness (QED) is 0.237. The molecule has 0 bridgehead atoms. The fraction of sp³-hybridized carbons (Fsp3) is 0.755.